The van der Waals surface area contributed by atoms with Crippen molar-refractivity contribution in [2.24, 2.45) is 0 Å². The second-order valence-electron chi connectivity index (χ2n) is 6.05. The van der Waals surface area contributed by atoms with Crippen LogP contribution < -0.4 is 10.6 Å². The predicted molar refractivity (Wildman–Crippen MR) is 85.9 cm³/mol. The number of carbonyl (C=O) groups excluding carboxylic acids is 1. The molecule has 1 saturated heterocycles. The number of nitrogen functional groups attached to an aromatic ring is 1. The van der Waals surface area contributed by atoms with Crippen LogP contribution in [0, 0.1) is 0 Å². The lowest BCUT2D eigenvalue weighted by atomic mass is 9.99. The van der Waals surface area contributed by atoms with Gasteiger partial charge in [-0.2, -0.15) is 0 Å². The molecule has 1 fully saturated rings. The molecule has 5 heteroatoms. The minimum atomic E-state index is -0.461. The third-order valence-electron chi connectivity index (χ3n) is 4.46. The number of amides is 1. The van der Waals surface area contributed by atoms with E-state index >= 15 is 0 Å². The molecule has 5 nitrogen and oxygen atoms in total. The quantitative estimate of drug-likeness (QED) is 0.866. The molecular weight excluding hydrogens is 280 g/mol. The summed E-state index contributed by atoms with van der Waals surface area (Å²) in [7, 11) is 0. The van der Waals surface area contributed by atoms with E-state index in [9.17, 15) is 4.79 Å². The Kier molecular flexibility index (Phi) is 4.64. The first-order valence-corrected chi connectivity index (χ1v) is 8.09. The molecule has 2 atom stereocenters. The second-order valence-corrected chi connectivity index (χ2v) is 6.05. The van der Waals surface area contributed by atoms with Gasteiger partial charge in [0.2, 0.25) is 0 Å². The lowest BCUT2D eigenvalue weighted by Gasteiger charge is -2.32. The Hall–Kier alpha value is -1.59. The minimum absolute atomic E-state index is 0.00421. The van der Waals surface area contributed by atoms with Gasteiger partial charge in [0.1, 0.15) is 6.10 Å². The van der Waals surface area contributed by atoms with Gasteiger partial charge in [-0.1, -0.05) is 6.07 Å². The highest BCUT2D eigenvalue weighted by atomic mass is 16.5. The van der Waals surface area contributed by atoms with Gasteiger partial charge in [0.15, 0.2) is 0 Å². The Balaban J connectivity index is 1.66. The van der Waals surface area contributed by atoms with Gasteiger partial charge in [-0.15, -0.1) is 0 Å². The lowest BCUT2D eigenvalue weighted by Crippen LogP contribution is -2.43. The summed E-state index contributed by atoms with van der Waals surface area (Å²) in [4.78, 5) is 14.5. The molecule has 2 aliphatic rings. The number of fused-ring (bicyclic) bond motifs is 1. The van der Waals surface area contributed by atoms with Gasteiger partial charge in [-0.25, -0.2) is 0 Å². The molecule has 120 valence electrons. The molecule has 2 N–H and O–H groups in total. The fraction of sp³-hybridized carbons (Fsp3) is 0.588. The summed E-state index contributed by atoms with van der Waals surface area (Å²) in [6.07, 6.45) is 3.64. The Morgan fingerprint density at radius 3 is 3.14 bits per heavy atom. The summed E-state index contributed by atoms with van der Waals surface area (Å²) in [5.41, 5.74) is 8.81. The average Bonchev–Trinajstić information content (AvgIpc) is 3.05. The summed E-state index contributed by atoms with van der Waals surface area (Å²) in [6.45, 7) is 3.83. The van der Waals surface area contributed by atoms with E-state index in [1.807, 2.05) is 30.0 Å². The van der Waals surface area contributed by atoms with Crippen molar-refractivity contribution in [3.8, 4) is 0 Å². The van der Waals surface area contributed by atoms with Crippen LogP contribution in [0.3, 0.4) is 0 Å². The van der Waals surface area contributed by atoms with Gasteiger partial charge < -0.3 is 20.1 Å². The zero-order valence-corrected chi connectivity index (χ0v) is 13.1. The molecule has 0 aromatic heterocycles. The van der Waals surface area contributed by atoms with Crippen LogP contribution in [0.2, 0.25) is 0 Å². The summed E-state index contributed by atoms with van der Waals surface area (Å²) in [6, 6.07) is 5.76. The predicted octanol–water partition coefficient (Wildman–Crippen LogP) is 2.13. The van der Waals surface area contributed by atoms with Crippen molar-refractivity contribution >= 4 is 17.3 Å². The molecule has 0 spiro atoms. The molecule has 2 aliphatic heterocycles. The zero-order valence-electron chi connectivity index (χ0n) is 13.1. The molecule has 1 amide bonds. The van der Waals surface area contributed by atoms with Crippen molar-refractivity contribution < 1.29 is 14.3 Å². The average molecular weight is 304 g/mol. The van der Waals surface area contributed by atoms with Gasteiger partial charge in [0.05, 0.1) is 12.7 Å². The Bertz CT molecular complexity index is 541. The normalized spacial score (nSPS) is 22.4. The van der Waals surface area contributed by atoms with Crippen molar-refractivity contribution in [1.82, 2.24) is 0 Å². The Morgan fingerprint density at radius 2 is 2.36 bits per heavy atom. The topological polar surface area (TPSA) is 64.8 Å². The highest BCUT2D eigenvalue weighted by molar-refractivity contribution is 5.98. The van der Waals surface area contributed by atoms with Gasteiger partial charge >= 0.3 is 0 Å². The molecule has 2 heterocycles. The lowest BCUT2D eigenvalue weighted by molar-refractivity contribution is -0.131. The molecule has 2 unspecified atom stereocenters. The minimum Gasteiger partial charge on any atom is -0.398 e. The Labute approximate surface area is 131 Å². The van der Waals surface area contributed by atoms with Crippen molar-refractivity contribution in [3.63, 3.8) is 0 Å². The van der Waals surface area contributed by atoms with Crippen LogP contribution in [0.1, 0.15) is 31.7 Å². The molecule has 3 rings (SSSR count). The highest BCUT2D eigenvalue weighted by Crippen LogP contribution is 2.31. The molecule has 1 aromatic rings. The van der Waals surface area contributed by atoms with E-state index in [1.165, 1.54) is 0 Å². The third-order valence-corrected chi connectivity index (χ3v) is 4.46. The molecule has 22 heavy (non-hydrogen) atoms. The van der Waals surface area contributed by atoms with Crippen molar-refractivity contribution in [3.05, 3.63) is 23.8 Å². The first kappa shape index (κ1) is 15.3. The molecule has 0 radical (unpaired) electrons. The van der Waals surface area contributed by atoms with E-state index in [1.54, 1.807) is 0 Å². The smallest absolute Gasteiger partial charge is 0.255 e. The van der Waals surface area contributed by atoms with Crippen LogP contribution in [0.5, 0.6) is 0 Å². The number of ether oxygens (including phenoxy) is 2. The Morgan fingerprint density at radius 1 is 1.50 bits per heavy atom. The van der Waals surface area contributed by atoms with Crippen LogP contribution in [-0.2, 0) is 20.7 Å². The van der Waals surface area contributed by atoms with Crippen molar-refractivity contribution in [1.29, 1.82) is 0 Å². The molecule has 0 bridgehead atoms. The number of hydrogen-bond donors (Lipinski definition) is 1. The van der Waals surface area contributed by atoms with Crippen LogP contribution in [-0.4, -0.2) is 37.9 Å². The van der Waals surface area contributed by atoms with E-state index in [2.05, 4.69) is 0 Å². The summed E-state index contributed by atoms with van der Waals surface area (Å²) in [5, 5.41) is 0. The fourth-order valence-electron chi connectivity index (χ4n) is 3.20. The van der Waals surface area contributed by atoms with E-state index in [0.29, 0.717) is 6.61 Å². The van der Waals surface area contributed by atoms with Gasteiger partial charge in [-0.3, -0.25) is 4.79 Å². The van der Waals surface area contributed by atoms with Crippen LogP contribution >= 0.6 is 0 Å². The maximum absolute atomic E-state index is 12.7. The summed E-state index contributed by atoms with van der Waals surface area (Å²) >= 11 is 0. The standard InChI is InChI=1S/C17H24N2O3/c1-12(22-11-13-5-4-10-21-13)17(20)19-9-3-6-14-15(18)7-2-8-16(14)19/h2,7-8,12-13H,3-6,9-11,18H2,1H3. The number of nitrogens with two attached hydrogens (primary N) is 1. The number of rotatable bonds is 4. The number of hydrogen-bond acceptors (Lipinski definition) is 4. The second kappa shape index (κ2) is 6.67. The summed E-state index contributed by atoms with van der Waals surface area (Å²) in [5.74, 6) is 0.00421. The monoisotopic (exact) mass is 304 g/mol. The molecule has 0 aliphatic carbocycles. The van der Waals surface area contributed by atoms with Gasteiger partial charge in [0, 0.05) is 24.5 Å². The number of carbonyl (C=O) groups is 1. The molecule has 1 aromatic carbocycles. The maximum atomic E-state index is 12.7. The zero-order chi connectivity index (χ0) is 15.5. The summed E-state index contributed by atoms with van der Waals surface area (Å²) < 4.78 is 11.3. The van der Waals surface area contributed by atoms with E-state index in [-0.39, 0.29) is 12.0 Å². The SMILES string of the molecule is CC(OCC1CCCO1)C(=O)N1CCCc2c(N)cccc21. The largest absolute Gasteiger partial charge is 0.398 e. The highest BCUT2D eigenvalue weighted by Gasteiger charge is 2.28. The first-order valence-electron chi connectivity index (χ1n) is 8.09. The number of anilines is 2. The van der Waals surface area contributed by atoms with E-state index < -0.39 is 6.10 Å². The van der Waals surface area contributed by atoms with Crippen LogP contribution in [0.15, 0.2) is 18.2 Å². The number of nitrogens with zero attached hydrogens (tertiary/aromatic N) is 1. The van der Waals surface area contributed by atoms with Crippen molar-refractivity contribution in [2.75, 3.05) is 30.4 Å². The van der Waals surface area contributed by atoms with Gasteiger partial charge in [0.25, 0.3) is 5.91 Å². The first-order chi connectivity index (χ1) is 10.7. The van der Waals surface area contributed by atoms with Crippen LogP contribution in [0.4, 0.5) is 11.4 Å². The van der Waals surface area contributed by atoms with Crippen LogP contribution in [0.25, 0.3) is 0 Å². The van der Waals surface area contributed by atoms with E-state index in [0.717, 1.165) is 55.8 Å². The van der Waals surface area contributed by atoms with Gasteiger partial charge in [-0.05, 0) is 50.3 Å². The third kappa shape index (κ3) is 3.10. The maximum Gasteiger partial charge on any atom is 0.255 e. The molecular formula is C17H24N2O3. The molecule has 0 saturated carbocycles. The van der Waals surface area contributed by atoms with E-state index in [4.69, 9.17) is 15.2 Å². The van der Waals surface area contributed by atoms with Crippen molar-refractivity contribution in [2.45, 2.75) is 44.8 Å². The fourth-order valence-corrected chi connectivity index (χ4v) is 3.20. The number of benzene rings is 1.